The minimum atomic E-state index is -0.476. The average Bonchev–Trinajstić information content (AvgIpc) is 2.66. The van der Waals surface area contributed by atoms with Crippen molar-refractivity contribution in [3.8, 4) is 11.5 Å². The summed E-state index contributed by atoms with van der Waals surface area (Å²) in [5.74, 6) is 0.849. The van der Waals surface area contributed by atoms with Crippen LogP contribution in [-0.2, 0) is 0 Å². The molecule has 3 rings (SSSR count). The van der Waals surface area contributed by atoms with Gasteiger partial charge in [0.05, 0.1) is 10.6 Å². The normalized spacial score (nSPS) is 10.2. The number of aryl methyl sites for hydroxylation is 2. The van der Waals surface area contributed by atoms with Gasteiger partial charge in [0.1, 0.15) is 5.75 Å². The number of para-hydroxylation sites is 2. The molecule has 2 N–H and O–H groups in total. The van der Waals surface area contributed by atoms with Gasteiger partial charge in [-0.3, -0.25) is 10.1 Å². The van der Waals surface area contributed by atoms with Crippen LogP contribution in [0.5, 0.6) is 11.5 Å². The first kappa shape index (κ1) is 18.9. The van der Waals surface area contributed by atoms with E-state index in [4.69, 9.17) is 4.74 Å². The Bertz CT molecular complexity index is 1020. The molecule has 2 amide bonds. The fourth-order valence-electron chi connectivity index (χ4n) is 2.65. The van der Waals surface area contributed by atoms with Crippen LogP contribution in [0, 0.1) is 24.0 Å². The first-order valence-corrected chi connectivity index (χ1v) is 8.59. The van der Waals surface area contributed by atoms with Crippen molar-refractivity contribution < 1.29 is 14.5 Å². The molecule has 0 saturated heterocycles. The van der Waals surface area contributed by atoms with Gasteiger partial charge >= 0.3 is 6.03 Å². The molecule has 3 aromatic carbocycles. The van der Waals surface area contributed by atoms with Crippen LogP contribution in [-0.4, -0.2) is 11.0 Å². The molecule has 0 aliphatic heterocycles. The van der Waals surface area contributed by atoms with Gasteiger partial charge in [0.25, 0.3) is 5.69 Å². The van der Waals surface area contributed by atoms with Crippen molar-refractivity contribution in [2.75, 3.05) is 10.6 Å². The van der Waals surface area contributed by atoms with Crippen molar-refractivity contribution in [3.05, 3.63) is 88.0 Å². The van der Waals surface area contributed by atoms with Gasteiger partial charge in [0.2, 0.25) is 0 Å². The molecule has 0 fully saturated rings. The Morgan fingerprint density at radius 3 is 2.29 bits per heavy atom. The van der Waals surface area contributed by atoms with E-state index < -0.39 is 11.0 Å². The fraction of sp³-hybridized carbons (Fsp3) is 0.0952. The van der Waals surface area contributed by atoms with Crippen LogP contribution >= 0.6 is 0 Å². The lowest BCUT2D eigenvalue weighted by Crippen LogP contribution is -2.20. The quantitative estimate of drug-likeness (QED) is 0.444. The summed E-state index contributed by atoms with van der Waals surface area (Å²) < 4.78 is 5.77. The van der Waals surface area contributed by atoms with E-state index in [0.717, 1.165) is 16.8 Å². The number of carbonyl (C=O) groups is 1. The number of hydrogen-bond acceptors (Lipinski definition) is 4. The zero-order valence-corrected chi connectivity index (χ0v) is 15.4. The van der Waals surface area contributed by atoms with Gasteiger partial charge in [-0.1, -0.05) is 29.8 Å². The Morgan fingerprint density at radius 1 is 0.929 bits per heavy atom. The van der Waals surface area contributed by atoms with E-state index in [1.165, 1.54) is 24.3 Å². The number of nitro groups is 1. The fourth-order valence-corrected chi connectivity index (χ4v) is 2.65. The van der Waals surface area contributed by atoms with Gasteiger partial charge in [-0.25, -0.2) is 4.79 Å². The van der Waals surface area contributed by atoms with Gasteiger partial charge in [-0.2, -0.15) is 0 Å². The molecule has 0 aliphatic carbocycles. The first-order valence-electron chi connectivity index (χ1n) is 8.59. The monoisotopic (exact) mass is 377 g/mol. The van der Waals surface area contributed by atoms with Crippen LogP contribution < -0.4 is 15.4 Å². The van der Waals surface area contributed by atoms with E-state index in [-0.39, 0.29) is 5.69 Å². The molecule has 142 valence electrons. The lowest BCUT2D eigenvalue weighted by atomic mass is 10.1. The molecule has 0 spiro atoms. The van der Waals surface area contributed by atoms with E-state index in [2.05, 4.69) is 10.6 Å². The van der Waals surface area contributed by atoms with Crippen molar-refractivity contribution >= 4 is 23.1 Å². The van der Waals surface area contributed by atoms with E-state index in [1.54, 1.807) is 24.3 Å². The summed E-state index contributed by atoms with van der Waals surface area (Å²) in [5.41, 5.74) is 3.25. The SMILES string of the molecule is Cc1ccc(NC(=O)Nc2ccccc2Oc2ccc([N+](=O)[O-])cc2)c(C)c1. The van der Waals surface area contributed by atoms with Crippen molar-refractivity contribution in [1.29, 1.82) is 0 Å². The van der Waals surface area contributed by atoms with Crippen molar-refractivity contribution in [3.63, 3.8) is 0 Å². The molecule has 0 heterocycles. The maximum Gasteiger partial charge on any atom is 0.323 e. The number of nitrogens with one attached hydrogen (secondary N) is 2. The number of benzene rings is 3. The summed E-state index contributed by atoms with van der Waals surface area (Å²) in [6, 6.07) is 18.1. The Hall–Kier alpha value is -3.87. The number of non-ortho nitro benzene ring substituents is 1. The highest BCUT2D eigenvalue weighted by Gasteiger charge is 2.11. The van der Waals surface area contributed by atoms with Crippen LogP contribution in [0.25, 0.3) is 0 Å². The predicted molar refractivity (Wildman–Crippen MR) is 108 cm³/mol. The number of urea groups is 1. The number of hydrogen-bond donors (Lipinski definition) is 2. The molecule has 0 radical (unpaired) electrons. The summed E-state index contributed by atoms with van der Waals surface area (Å²) in [6.45, 7) is 3.91. The second kappa shape index (κ2) is 8.22. The number of nitrogens with zero attached hydrogens (tertiary/aromatic N) is 1. The Labute approximate surface area is 162 Å². The van der Waals surface area contributed by atoms with Crippen LogP contribution in [0.4, 0.5) is 21.9 Å². The molecule has 0 atom stereocenters. The van der Waals surface area contributed by atoms with Crippen LogP contribution in [0.1, 0.15) is 11.1 Å². The Balaban J connectivity index is 1.72. The summed E-state index contributed by atoms with van der Waals surface area (Å²) in [7, 11) is 0. The summed E-state index contributed by atoms with van der Waals surface area (Å²) >= 11 is 0. The molecule has 0 unspecified atom stereocenters. The molecule has 0 aliphatic rings. The van der Waals surface area contributed by atoms with Gasteiger partial charge in [-0.15, -0.1) is 0 Å². The Morgan fingerprint density at radius 2 is 1.61 bits per heavy atom. The van der Waals surface area contributed by atoms with Crippen molar-refractivity contribution in [2.24, 2.45) is 0 Å². The Kier molecular flexibility index (Phi) is 5.55. The molecule has 0 bridgehead atoms. The van der Waals surface area contributed by atoms with Gasteiger partial charge < -0.3 is 15.4 Å². The van der Waals surface area contributed by atoms with Gasteiger partial charge in [0.15, 0.2) is 5.75 Å². The summed E-state index contributed by atoms with van der Waals surface area (Å²) in [4.78, 5) is 22.7. The highest BCUT2D eigenvalue weighted by molar-refractivity contribution is 6.01. The topological polar surface area (TPSA) is 93.5 Å². The largest absolute Gasteiger partial charge is 0.455 e. The highest BCUT2D eigenvalue weighted by Crippen LogP contribution is 2.30. The van der Waals surface area contributed by atoms with Crippen LogP contribution in [0.15, 0.2) is 66.7 Å². The maximum atomic E-state index is 12.4. The molecular formula is C21H19N3O4. The molecule has 28 heavy (non-hydrogen) atoms. The number of nitro benzene ring substituents is 1. The summed E-state index contributed by atoms with van der Waals surface area (Å²) in [5, 5.41) is 16.3. The molecule has 7 nitrogen and oxygen atoms in total. The maximum absolute atomic E-state index is 12.4. The zero-order chi connectivity index (χ0) is 20.1. The average molecular weight is 377 g/mol. The minimum absolute atomic E-state index is 0.0217. The molecular weight excluding hydrogens is 358 g/mol. The van der Waals surface area contributed by atoms with Crippen LogP contribution in [0.3, 0.4) is 0 Å². The number of carbonyl (C=O) groups excluding carboxylic acids is 1. The second-order valence-corrected chi connectivity index (χ2v) is 6.25. The van der Waals surface area contributed by atoms with E-state index in [0.29, 0.717) is 17.2 Å². The lowest BCUT2D eigenvalue weighted by molar-refractivity contribution is -0.384. The van der Waals surface area contributed by atoms with Gasteiger partial charge in [0, 0.05) is 17.8 Å². The van der Waals surface area contributed by atoms with Crippen LogP contribution in [0.2, 0.25) is 0 Å². The zero-order valence-electron chi connectivity index (χ0n) is 15.4. The number of amides is 2. The summed E-state index contributed by atoms with van der Waals surface area (Å²) in [6.07, 6.45) is 0. The third kappa shape index (κ3) is 4.64. The standard InChI is InChI=1S/C21H19N3O4/c1-14-7-12-18(15(2)13-14)22-21(25)23-19-5-3-4-6-20(19)28-17-10-8-16(9-11-17)24(26)27/h3-13H,1-2H3,(H2,22,23,25). The third-order valence-electron chi connectivity index (χ3n) is 4.04. The first-order chi connectivity index (χ1) is 13.4. The van der Waals surface area contributed by atoms with Crippen molar-refractivity contribution in [1.82, 2.24) is 0 Å². The molecule has 7 heteroatoms. The number of ether oxygens (including phenoxy) is 1. The third-order valence-corrected chi connectivity index (χ3v) is 4.04. The smallest absolute Gasteiger partial charge is 0.323 e. The lowest BCUT2D eigenvalue weighted by Gasteiger charge is -2.14. The number of anilines is 2. The second-order valence-electron chi connectivity index (χ2n) is 6.25. The van der Waals surface area contributed by atoms with E-state index in [9.17, 15) is 14.9 Å². The van der Waals surface area contributed by atoms with Crippen molar-refractivity contribution in [2.45, 2.75) is 13.8 Å². The van der Waals surface area contributed by atoms with E-state index in [1.807, 2.05) is 32.0 Å². The predicted octanol–water partition coefficient (Wildman–Crippen LogP) is 5.65. The minimum Gasteiger partial charge on any atom is -0.455 e. The molecule has 0 saturated carbocycles. The van der Waals surface area contributed by atoms with E-state index >= 15 is 0 Å². The molecule has 3 aromatic rings. The van der Waals surface area contributed by atoms with Gasteiger partial charge in [-0.05, 0) is 49.7 Å². The number of rotatable bonds is 5. The molecule has 0 aromatic heterocycles. The highest BCUT2D eigenvalue weighted by atomic mass is 16.6.